The number of carbonyl (C=O) groups excluding carboxylic acids is 1. The summed E-state index contributed by atoms with van der Waals surface area (Å²) in [5.41, 5.74) is 0.532. The van der Waals surface area contributed by atoms with Crippen LogP contribution in [0.2, 0.25) is 0 Å². The van der Waals surface area contributed by atoms with Gasteiger partial charge in [0.15, 0.2) is 0 Å². The van der Waals surface area contributed by atoms with Gasteiger partial charge in [0.1, 0.15) is 5.82 Å². The van der Waals surface area contributed by atoms with E-state index < -0.39 is 0 Å². The molecular formula is C15H21BrFN3O. The van der Waals surface area contributed by atoms with Crippen molar-refractivity contribution >= 4 is 21.8 Å². The third-order valence-electron chi connectivity index (χ3n) is 3.69. The Labute approximate surface area is 133 Å². The van der Waals surface area contributed by atoms with E-state index in [1.807, 2.05) is 4.90 Å². The van der Waals surface area contributed by atoms with E-state index in [2.05, 4.69) is 39.8 Å². The molecule has 0 spiro atoms. The minimum atomic E-state index is -0.347. The van der Waals surface area contributed by atoms with Crippen LogP contribution in [0.1, 0.15) is 10.4 Å². The second-order valence-corrected chi connectivity index (χ2v) is 6.42. The van der Waals surface area contributed by atoms with E-state index in [1.54, 1.807) is 12.1 Å². The van der Waals surface area contributed by atoms with Gasteiger partial charge in [0.25, 0.3) is 5.91 Å². The molecule has 0 N–H and O–H groups in total. The van der Waals surface area contributed by atoms with Gasteiger partial charge in [-0.3, -0.25) is 9.69 Å². The molecule has 1 saturated heterocycles. The van der Waals surface area contributed by atoms with Gasteiger partial charge >= 0.3 is 0 Å². The lowest BCUT2D eigenvalue weighted by Gasteiger charge is -2.35. The summed E-state index contributed by atoms with van der Waals surface area (Å²) >= 11 is 3.12. The van der Waals surface area contributed by atoms with Gasteiger partial charge < -0.3 is 9.80 Å². The maximum absolute atomic E-state index is 13.2. The van der Waals surface area contributed by atoms with Crippen molar-refractivity contribution in [1.29, 1.82) is 0 Å². The second-order valence-electron chi connectivity index (χ2n) is 5.57. The van der Waals surface area contributed by atoms with E-state index in [4.69, 9.17) is 0 Å². The monoisotopic (exact) mass is 357 g/mol. The highest BCUT2D eigenvalue weighted by molar-refractivity contribution is 9.10. The third kappa shape index (κ3) is 4.49. The first-order valence-corrected chi connectivity index (χ1v) is 7.88. The summed E-state index contributed by atoms with van der Waals surface area (Å²) in [6, 6.07) is 4.42. The molecule has 1 aliphatic rings. The predicted molar refractivity (Wildman–Crippen MR) is 85.0 cm³/mol. The predicted octanol–water partition coefficient (Wildman–Crippen LogP) is 1.91. The van der Waals surface area contributed by atoms with Crippen molar-refractivity contribution in [2.24, 2.45) is 0 Å². The number of rotatable bonds is 4. The molecule has 0 saturated carbocycles. The minimum absolute atomic E-state index is 0.0250. The Morgan fingerprint density at radius 1 is 1.29 bits per heavy atom. The molecule has 1 amide bonds. The molecule has 6 heteroatoms. The molecule has 1 fully saturated rings. The van der Waals surface area contributed by atoms with Crippen molar-refractivity contribution in [1.82, 2.24) is 14.7 Å². The Morgan fingerprint density at radius 2 is 1.95 bits per heavy atom. The van der Waals surface area contributed by atoms with E-state index in [-0.39, 0.29) is 11.7 Å². The van der Waals surface area contributed by atoms with E-state index in [9.17, 15) is 9.18 Å². The van der Waals surface area contributed by atoms with Crippen LogP contribution in [0.5, 0.6) is 0 Å². The summed E-state index contributed by atoms with van der Waals surface area (Å²) in [4.78, 5) is 18.8. The van der Waals surface area contributed by atoms with E-state index >= 15 is 0 Å². The first-order chi connectivity index (χ1) is 9.97. The summed E-state index contributed by atoms with van der Waals surface area (Å²) in [5.74, 6) is -0.372. The Bertz CT molecular complexity index is 502. The maximum Gasteiger partial charge on any atom is 0.253 e. The lowest BCUT2D eigenvalue weighted by atomic mass is 10.2. The molecule has 4 nitrogen and oxygen atoms in total. The first kappa shape index (κ1) is 16.4. The number of hydrogen-bond donors (Lipinski definition) is 0. The first-order valence-electron chi connectivity index (χ1n) is 7.09. The average Bonchev–Trinajstić information content (AvgIpc) is 2.48. The summed E-state index contributed by atoms with van der Waals surface area (Å²) in [6.07, 6.45) is 0. The van der Waals surface area contributed by atoms with Crippen LogP contribution >= 0.6 is 15.9 Å². The highest BCUT2D eigenvalue weighted by Gasteiger charge is 2.22. The summed E-state index contributed by atoms with van der Waals surface area (Å²) in [6.45, 7) is 5.28. The van der Waals surface area contributed by atoms with Crippen LogP contribution in [-0.2, 0) is 0 Å². The molecule has 21 heavy (non-hydrogen) atoms. The number of nitrogens with zero attached hydrogens (tertiary/aromatic N) is 3. The van der Waals surface area contributed by atoms with E-state index in [1.165, 1.54) is 6.07 Å². The molecule has 1 aliphatic heterocycles. The highest BCUT2D eigenvalue weighted by atomic mass is 79.9. The summed E-state index contributed by atoms with van der Waals surface area (Å²) in [5, 5.41) is 0. The van der Waals surface area contributed by atoms with Crippen molar-refractivity contribution in [2.45, 2.75) is 0 Å². The second kappa shape index (κ2) is 7.33. The van der Waals surface area contributed by atoms with Crippen LogP contribution in [-0.4, -0.2) is 74.0 Å². The van der Waals surface area contributed by atoms with Gasteiger partial charge in [-0.1, -0.05) is 0 Å². The van der Waals surface area contributed by atoms with Crippen molar-refractivity contribution in [2.75, 3.05) is 53.4 Å². The van der Waals surface area contributed by atoms with Gasteiger partial charge in [-0.15, -0.1) is 0 Å². The standard InChI is InChI=1S/C15H21BrFN3O/c1-18(2)5-6-19-7-9-20(10-8-19)15(21)12-3-4-14(17)13(16)11-12/h3-4,11H,5-10H2,1-2H3. The van der Waals surface area contributed by atoms with Crippen LogP contribution in [0.15, 0.2) is 22.7 Å². The Hall–Kier alpha value is -0.980. The summed E-state index contributed by atoms with van der Waals surface area (Å²) in [7, 11) is 4.12. The number of hydrogen-bond acceptors (Lipinski definition) is 3. The molecule has 0 aliphatic carbocycles. The fourth-order valence-electron chi connectivity index (χ4n) is 2.33. The SMILES string of the molecule is CN(C)CCN1CCN(C(=O)c2ccc(F)c(Br)c2)CC1. The fraction of sp³-hybridized carbons (Fsp3) is 0.533. The Kier molecular flexibility index (Phi) is 5.72. The topological polar surface area (TPSA) is 26.8 Å². The highest BCUT2D eigenvalue weighted by Crippen LogP contribution is 2.18. The van der Waals surface area contributed by atoms with Crippen molar-refractivity contribution in [3.8, 4) is 0 Å². The van der Waals surface area contributed by atoms with Gasteiger partial charge in [0.2, 0.25) is 0 Å². The quantitative estimate of drug-likeness (QED) is 0.823. The number of piperazine rings is 1. The summed E-state index contributed by atoms with van der Waals surface area (Å²) < 4.78 is 13.6. The normalized spacial score (nSPS) is 16.5. The smallest absolute Gasteiger partial charge is 0.253 e. The van der Waals surface area contributed by atoms with Crippen molar-refractivity contribution < 1.29 is 9.18 Å². The van der Waals surface area contributed by atoms with Crippen LogP contribution in [0, 0.1) is 5.82 Å². The third-order valence-corrected chi connectivity index (χ3v) is 4.30. The number of carbonyl (C=O) groups is 1. The largest absolute Gasteiger partial charge is 0.336 e. The van der Waals surface area contributed by atoms with Crippen LogP contribution in [0.3, 0.4) is 0 Å². The van der Waals surface area contributed by atoms with Crippen molar-refractivity contribution in [3.63, 3.8) is 0 Å². The van der Waals surface area contributed by atoms with Gasteiger partial charge in [0.05, 0.1) is 4.47 Å². The zero-order valence-corrected chi connectivity index (χ0v) is 14.1. The van der Waals surface area contributed by atoms with Gasteiger partial charge in [-0.2, -0.15) is 0 Å². The average molecular weight is 358 g/mol. The lowest BCUT2D eigenvalue weighted by Crippen LogP contribution is -2.50. The van der Waals surface area contributed by atoms with Crippen LogP contribution in [0.4, 0.5) is 4.39 Å². The molecule has 0 bridgehead atoms. The number of amides is 1. The number of likely N-dealkylation sites (N-methyl/N-ethyl adjacent to an activating group) is 1. The molecule has 0 atom stereocenters. The van der Waals surface area contributed by atoms with Gasteiger partial charge in [0, 0.05) is 44.8 Å². The molecule has 2 rings (SSSR count). The van der Waals surface area contributed by atoms with Crippen LogP contribution in [0.25, 0.3) is 0 Å². The Morgan fingerprint density at radius 3 is 2.52 bits per heavy atom. The Balaban J connectivity index is 1.89. The molecule has 0 aromatic heterocycles. The lowest BCUT2D eigenvalue weighted by molar-refractivity contribution is 0.0629. The van der Waals surface area contributed by atoms with E-state index in [0.717, 1.165) is 39.3 Å². The molecule has 0 unspecified atom stereocenters. The number of halogens is 2. The van der Waals surface area contributed by atoms with Gasteiger partial charge in [-0.05, 0) is 48.2 Å². The zero-order chi connectivity index (χ0) is 15.4. The van der Waals surface area contributed by atoms with Crippen LogP contribution < -0.4 is 0 Å². The molecule has 1 aromatic carbocycles. The maximum atomic E-state index is 13.2. The molecule has 1 aromatic rings. The van der Waals surface area contributed by atoms with Gasteiger partial charge in [-0.25, -0.2) is 4.39 Å². The van der Waals surface area contributed by atoms with Crippen molar-refractivity contribution in [3.05, 3.63) is 34.1 Å². The number of benzene rings is 1. The molecule has 116 valence electrons. The molecule has 1 heterocycles. The molecular weight excluding hydrogens is 337 g/mol. The zero-order valence-electron chi connectivity index (χ0n) is 12.5. The minimum Gasteiger partial charge on any atom is -0.336 e. The van der Waals surface area contributed by atoms with E-state index in [0.29, 0.717) is 10.0 Å². The fourth-order valence-corrected chi connectivity index (χ4v) is 2.71. The molecule has 0 radical (unpaired) electrons.